The van der Waals surface area contributed by atoms with Crippen molar-refractivity contribution in [1.82, 2.24) is 29.7 Å². The fraction of sp³-hybridized carbons (Fsp3) is 0.512. The van der Waals surface area contributed by atoms with Crippen LogP contribution in [0.4, 0.5) is 22.8 Å². The lowest BCUT2D eigenvalue weighted by Gasteiger charge is -2.27. The van der Waals surface area contributed by atoms with Crippen LogP contribution in [0.1, 0.15) is 114 Å². The quantitative estimate of drug-likeness (QED) is 0.203. The predicted octanol–water partition coefficient (Wildman–Crippen LogP) is 9.87. The number of aromatic amines is 2. The third-order valence-electron chi connectivity index (χ3n) is 10.1. The number of halogens is 3. The zero-order chi connectivity index (χ0) is 38.6. The van der Waals surface area contributed by atoms with E-state index in [1.807, 2.05) is 45.0 Å². The monoisotopic (exact) mass is 746 g/mol. The summed E-state index contributed by atoms with van der Waals surface area (Å²) in [7, 11) is 0. The minimum Gasteiger partial charge on any atom is -0.444 e. The van der Waals surface area contributed by atoms with Gasteiger partial charge in [0.25, 0.3) is 0 Å². The summed E-state index contributed by atoms with van der Waals surface area (Å²) in [6, 6.07) is 13.5. The molecule has 288 valence electrons. The molecule has 2 aromatic heterocycles. The van der Waals surface area contributed by atoms with Gasteiger partial charge in [0.2, 0.25) is 0 Å². The fourth-order valence-electron chi connectivity index (χ4n) is 7.74. The van der Waals surface area contributed by atoms with Crippen LogP contribution in [0.5, 0.6) is 0 Å². The topological polar surface area (TPSA) is 116 Å². The van der Waals surface area contributed by atoms with E-state index in [-0.39, 0.29) is 18.6 Å². The summed E-state index contributed by atoms with van der Waals surface area (Å²) in [6.45, 7) is 12.1. The third kappa shape index (κ3) is 8.14. The van der Waals surface area contributed by atoms with Gasteiger partial charge in [-0.15, -0.1) is 0 Å². The highest BCUT2D eigenvalue weighted by Gasteiger charge is 2.38. The van der Waals surface area contributed by atoms with Crippen molar-refractivity contribution in [2.45, 2.75) is 122 Å². The number of aryl methyl sites for hydroxylation is 3. The zero-order valence-electron chi connectivity index (χ0n) is 31.8. The van der Waals surface area contributed by atoms with Gasteiger partial charge >= 0.3 is 18.4 Å². The van der Waals surface area contributed by atoms with Crippen LogP contribution < -0.4 is 0 Å². The molecular weight excluding hydrogens is 697 g/mol. The lowest BCUT2D eigenvalue weighted by molar-refractivity contribution is -0.134. The Morgan fingerprint density at radius 1 is 0.741 bits per heavy atom. The minimum atomic E-state index is -4.33. The second-order valence-corrected chi connectivity index (χ2v) is 16.6. The average molecular weight is 747 g/mol. The van der Waals surface area contributed by atoms with Crippen molar-refractivity contribution in [3.63, 3.8) is 0 Å². The summed E-state index contributed by atoms with van der Waals surface area (Å²) >= 11 is 0. The van der Waals surface area contributed by atoms with Crippen LogP contribution in [-0.4, -0.2) is 72.4 Å². The van der Waals surface area contributed by atoms with Gasteiger partial charge in [-0.1, -0.05) is 42.5 Å². The molecule has 7 rings (SSSR count). The number of H-pyrrole nitrogens is 2. The molecule has 0 spiro atoms. The van der Waals surface area contributed by atoms with Crippen LogP contribution in [0.2, 0.25) is 0 Å². The zero-order valence-corrected chi connectivity index (χ0v) is 31.8. The number of hydrogen-bond acceptors (Lipinski definition) is 6. The molecule has 2 aliphatic heterocycles. The Balaban J connectivity index is 1.12. The third-order valence-corrected chi connectivity index (χ3v) is 10.1. The second kappa shape index (κ2) is 14.1. The van der Waals surface area contributed by atoms with Crippen LogP contribution in [0.15, 0.2) is 42.5 Å². The lowest BCUT2D eigenvalue weighted by atomic mass is 9.89. The van der Waals surface area contributed by atoms with Gasteiger partial charge in [-0.3, -0.25) is 9.80 Å². The number of carbonyl (C=O) groups is 2. The number of amides is 2. The Bertz CT molecular complexity index is 2020. The van der Waals surface area contributed by atoms with E-state index in [0.717, 1.165) is 66.0 Å². The summed E-state index contributed by atoms with van der Waals surface area (Å²) < 4.78 is 51.5. The Labute approximate surface area is 313 Å². The van der Waals surface area contributed by atoms with Crippen molar-refractivity contribution in [2.24, 2.45) is 0 Å². The maximum absolute atomic E-state index is 13.4. The van der Waals surface area contributed by atoms with Gasteiger partial charge in [0.05, 0.1) is 23.5 Å². The van der Waals surface area contributed by atoms with Gasteiger partial charge in [-0.2, -0.15) is 13.2 Å². The highest BCUT2D eigenvalue weighted by molar-refractivity contribution is 5.76. The molecule has 4 aromatic rings. The summed E-state index contributed by atoms with van der Waals surface area (Å²) in [5.74, 6) is 1.26. The first-order valence-electron chi connectivity index (χ1n) is 18.9. The number of aromatic nitrogens is 4. The van der Waals surface area contributed by atoms with E-state index in [1.165, 1.54) is 5.56 Å². The predicted molar refractivity (Wildman–Crippen MR) is 199 cm³/mol. The normalized spacial score (nSPS) is 18.8. The lowest BCUT2D eigenvalue weighted by Crippen LogP contribution is -2.36. The van der Waals surface area contributed by atoms with Crippen molar-refractivity contribution in [1.29, 1.82) is 0 Å². The molecule has 2 amide bonds. The highest BCUT2D eigenvalue weighted by atomic mass is 19.4. The number of ether oxygens (including phenoxy) is 2. The van der Waals surface area contributed by atoms with Crippen LogP contribution >= 0.6 is 0 Å². The van der Waals surface area contributed by atoms with E-state index in [2.05, 4.69) is 28.2 Å². The number of alkyl halides is 3. The Morgan fingerprint density at radius 3 is 1.85 bits per heavy atom. The van der Waals surface area contributed by atoms with Crippen molar-refractivity contribution in [2.75, 3.05) is 13.1 Å². The van der Waals surface area contributed by atoms with Crippen LogP contribution in [-0.2, 0) is 28.7 Å². The van der Waals surface area contributed by atoms with Gasteiger partial charge in [-0.25, -0.2) is 19.6 Å². The first-order chi connectivity index (χ1) is 25.4. The van der Waals surface area contributed by atoms with E-state index in [4.69, 9.17) is 19.4 Å². The molecule has 0 bridgehead atoms. The molecule has 2 fully saturated rings. The highest BCUT2D eigenvalue weighted by Crippen LogP contribution is 2.40. The fourth-order valence-corrected chi connectivity index (χ4v) is 7.74. The van der Waals surface area contributed by atoms with E-state index in [1.54, 1.807) is 30.6 Å². The number of nitrogens with one attached hydrogen (secondary N) is 2. The van der Waals surface area contributed by atoms with Crippen molar-refractivity contribution < 1.29 is 32.2 Å². The van der Waals surface area contributed by atoms with E-state index in [0.29, 0.717) is 42.3 Å². The molecule has 2 atom stereocenters. The molecule has 0 unspecified atom stereocenters. The van der Waals surface area contributed by atoms with E-state index in [9.17, 15) is 22.8 Å². The molecule has 10 nitrogen and oxygen atoms in total. The Hall–Kier alpha value is -4.81. The second-order valence-electron chi connectivity index (χ2n) is 16.6. The summed E-state index contributed by atoms with van der Waals surface area (Å²) in [5, 5.41) is 0. The molecule has 54 heavy (non-hydrogen) atoms. The summed E-state index contributed by atoms with van der Waals surface area (Å²) in [6.07, 6.45) is -1.65. The average Bonchev–Trinajstić information content (AvgIpc) is 3.90. The number of benzene rings is 2. The Morgan fingerprint density at radius 2 is 1.28 bits per heavy atom. The molecule has 2 aromatic carbocycles. The summed E-state index contributed by atoms with van der Waals surface area (Å²) in [5.41, 5.74) is 6.49. The largest absolute Gasteiger partial charge is 0.444 e. The molecule has 13 heteroatoms. The van der Waals surface area contributed by atoms with Crippen molar-refractivity contribution >= 4 is 12.2 Å². The molecule has 2 saturated heterocycles. The number of imidazole rings is 2. The minimum absolute atomic E-state index is 0.159. The molecule has 0 saturated carbocycles. The molecule has 2 N–H and O–H groups in total. The Kier molecular flexibility index (Phi) is 9.80. The molecule has 4 heterocycles. The first kappa shape index (κ1) is 37.5. The van der Waals surface area contributed by atoms with E-state index < -0.39 is 35.9 Å². The first-order valence-corrected chi connectivity index (χ1v) is 18.9. The molecule has 3 aliphatic rings. The molecular formula is C41H49F3N6O4. The number of fused-ring (bicyclic) bond motifs is 3. The van der Waals surface area contributed by atoms with Crippen LogP contribution in [0, 0.1) is 0 Å². The standard InChI is InChI=1S/C41H49F3N6O4/c1-39(2,3)53-37(51)49-21-7-9-31(49)35-46-30(19-20-41(42,43)44)33(47-35)25-13-11-24(12-14-25)26-15-17-28-27(23-26)16-18-29-34(28)48-36(45-29)32-10-8-22-50(32)38(52)54-40(4,5)6/h11-15,17,23,31-32H,7-10,16,18-22H2,1-6H3,(H,45,48)(H,46,47)/t31-,32-/m0/s1. The van der Waals surface area contributed by atoms with Gasteiger partial charge < -0.3 is 19.4 Å². The van der Waals surface area contributed by atoms with Gasteiger partial charge in [0.1, 0.15) is 22.9 Å². The number of carbonyl (C=O) groups excluding carboxylic acids is 2. The van der Waals surface area contributed by atoms with Crippen molar-refractivity contribution in [3.05, 3.63) is 71.1 Å². The number of likely N-dealkylation sites (tertiary alicyclic amines) is 2. The van der Waals surface area contributed by atoms with Gasteiger partial charge in [0.15, 0.2) is 0 Å². The number of rotatable bonds is 6. The maximum atomic E-state index is 13.4. The molecule has 1 aliphatic carbocycles. The smallest absolute Gasteiger partial charge is 0.410 e. The number of nitrogens with zero attached hydrogens (tertiary/aromatic N) is 4. The van der Waals surface area contributed by atoms with Crippen molar-refractivity contribution in [3.8, 4) is 33.6 Å². The SMILES string of the molecule is CC(C)(C)OC(=O)N1CCC[C@H]1c1nc(-c2ccc(-c3ccc4c(c3)CCc3[nH]c([C@@H]5CCCN5C(=O)OC(C)(C)C)nc3-4)cc2)c(CCC(F)(F)F)[nH]1. The van der Waals surface area contributed by atoms with Gasteiger partial charge in [0, 0.05) is 42.0 Å². The summed E-state index contributed by atoms with van der Waals surface area (Å²) in [4.78, 5) is 45.9. The van der Waals surface area contributed by atoms with Crippen LogP contribution in [0.3, 0.4) is 0 Å². The molecule has 0 radical (unpaired) electrons. The van der Waals surface area contributed by atoms with E-state index >= 15 is 0 Å². The maximum Gasteiger partial charge on any atom is 0.410 e. The van der Waals surface area contributed by atoms with Gasteiger partial charge in [-0.05, 0) is 103 Å². The van der Waals surface area contributed by atoms with Crippen LogP contribution in [0.25, 0.3) is 33.6 Å². The number of hydrogen-bond donors (Lipinski definition) is 2.